The summed E-state index contributed by atoms with van der Waals surface area (Å²) in [5.74, 6) is -0.408. The lowest BCUT2D eigenvalue weighted by Gasteiger charge is -2.33. The summed E-state index contributed by atoms with van der Waals surface area (Å²) in [6, 6.07) is 22.4. The molecule has 0 spiro atoms. The molecule has 3 aromatic carbocycles. The maximum absolute atomic E-state index is 13.9. The number of carbonyl (C=O) groups excluding carboxylic acids is 2. The minimum Gasteiger partial charge on any atom is -0.497 e. The van der Waals surface area contributed by atoms with Gasteiger partial charge < -0.3 is 15.0 Å². The van der Waals surface area contributed by atoms with Crippen molar-refractivity contribution < 1.29 is 22.7 Å². The molecule has 0 radical (unpaired) electrons. The molecular formula is C27H30BrN3O5S. The van der Waals surface area contributed by atoms with Crippen LogP contribution in [0.5, 0.6) is 5.75 Å². The van der Waals surface area contributed by atoms with Crippen LogP contribution in [0.1, 0.15) is 11.1 Å². The summed E-state index contributed by atoms with van der Waals surface area (Å²) in [4.78, 5) is 28.4. The van der Waals surface area contributed by atoms with Crippen molar-refractivity contribution in [3.63, 3.8) is 0 Å². The summed E-state index contributed by atoms with van der Waals surface area (Å²) in [5.41, 5.74) is 1.95. The fourth-order valence-electron chi connectivity index (χ4n) is 3.93. The first-order chi connectivity index (χ1) is 17.6. The minimum atomic E-state index is -3.84. The Balaban J connectivity index is 2.03. The Morgan fingerprint density at radius 3 is 2.27 bits per heavy atom. The van der Waals surface area contributed by atoms with Gasteiger partial charge in [0.25, 0.3) is 0 Å². The average Bonchev–Trinajstić information content (AvgIpc) is 2.88. The molecule has 0 bridgehead atoms. The molecule has 3 aromatic rings. The third-order valence-corrected chi connectivity index (χ3v) is 7.41. The molecule has 0 unspecified atom stereocenters. The highest BCUT2D eigenvalue weighted by Gasteiger charge is 2.32. The van der Waals surface area contributed by atoms with Crippen LogP contribution in [0.4, 0.5) is 5.69 Å². The first-order valence-electron chi connectivity index (χ1n) is 11.5. The number of hydrogen-bond acceptors (Lipinski definition) is 5. The number of anilines is 1. The van der Waals surface area contributed by atoms with Gasteiger partial charge in [0.15, 0.2) is 0 Å². The van der Waals surface area contributed by atoms with Crippen molar-refractivity contribution in [3.8, 4) is 5.75 Å². The normalized spacial score (nSPS) is 11.9. The van der Waals surface area contributed by atoms with Gasteiger partial charge in [0.1, 0.15) is 18.3 Å². The number of nitrogens with one attached hydrogen (secondary N) is 1. The Morgan fingerprint density at radius 2 is 1.65 bits per heavy atom. The van der Waals surface area contributed by atoms with Crippen molar-refractivity contribution in [1.82, 2.24) is 10.2 Å². The summed E-state index contributed by atoms with van der Waals surface area (Å²) in [6.45, 7) is -0.374. The van der Waals surface area contributed by atoms with Crippen LogP contribution in [0.2, 0.25) is 0 Å². The predicted molar refractivity (Wildman–Crippen MR) is 148 cm³/mol. The molecule has 0 aromatic heterocycles. The Hall–Kier alpha value is -3.37. The van der Waals surface area contributed by atoms with Gasteiger partial charge in [-0.3, -0.25) is 13.9 Å². The second-order valence-corrected chi connectivity index (χ2v) is 11.3. The standard InChI is InChI=1S/C27H30BrN3O5S/c1-29-27(33)25(16-20-9-5-4-6-10-20)30(18-21-11-7-12-22(28)15-21)26(32)19-31(37(3,34)35)23-13-8-14-24(17-23)36-2/h4-15,17,25H,16,18-19H2,1-3H3,(H,29,33)/t25-/m1/s1. The van der Waals surface area contributed by atoms with E-state index in [0.717, 1.165) is 26.2 Å². The number of likely N-dealkylation sites (N-methyl/N-ethyl adjacent to an activating group) is 1. The van der Waals surface area contributed by atoms with Crippen LogP contribution in [-0.4, -0.2) is 58.1 Å². The van der Waals surface area contributed by atoms with Gasteiger partial charge in [0.2, 0.25) is 21.8 Å². The SMILES string of the molecule is CNC(=O)[C@@H](Cc1ccccc1)N(Cc1cccc(Br)c1)C(=O)CN(c1cccc(OC)c1)S(C)(=O)=O. The fourth-order valence-corrected chi connectivity index (χ4v) is 5.22. The molecule has 1 atom stereocenters. The summed E-state index contributed by atoms with van der Waals surface area (Å²) >= 11 is 3.45. The van der Waals surface area contributed by atoms with Gasteiger partial charge in [-0.25, -0.2) is 8.42 Å². The van der Waals surface area contributed by atoms with Crippen molar-refractivity contribution in [3.05, 3.63) is 94.5 Å². The molecule has 3 rings (SSSR count). The van der Waals surface area contributed by atoms with Gasteiger partial charge in [-0.05, 0) is 35.4 Å². The highest BCUT2D eigenvalue weighted by atomic mass is 79.9. The topological polar surface area (TPSA) is 96.0 Å². The van der Waals surface area contributed by atoms with E-state index in [1.54, 1.807) is 24.3 Å². The highest BCUT2D eigenvalue weighted by Crippen LogP contribution is 2.24. The molecule has 0 saturated heterocycles. The van der Waals surface area contributed by atoms with Gasteiger partial charge in [0.05, 0.1) is 19.1 Å². The maximum atomic E-state index is 13.9. The Labute approximate surface area is 226 Å². The second kappa shape index (κ2) is 12.7. The molecule has 1 N–H and O–H groups in total. The molecule has 196 valence electrons. The smallest absolute Gasteiger partial charge is 0.244 e. The largest absolute Gasteiger partial charge is 0.497 e. The number of benzene rings is 3. The third kappa shape index (κ3) is 7.80. The van der Waals surface area contributed by atoms with E-state index in [9.17, 15) is 18.0 Å². The molecule has 0 aliphatic carbocycles. The lowest BCUT2D eigenvalue weighted by molar-refractivity contribution is -0.139. The number of methoxy groups -OCH3 is 1. The van der Waals surface area contributed by atoms with Crippen molar-refractivity contribution >= 4 is 43.5 Å². The number of rotatable bonds is 11. The van der Waals surface area contributed by atoms with Crippen LogP contribution >= 0.6 is 15.9 Å². The van der Waals surface area contributed by atoms with E-state index < -0.39 is 28.5 Å². The summed E-state index contributed by atoms with van der Waals surface area (Å²) in [7, 11) is -0.846. The lowest BCUT2D eigenvalue weighted by atomic mass is 10.0. The van der Waals surface area contributed by atoms with Gasteiger partial charge in [-0.15, -0.1) is 0 Å². The molecular weight excluding hydrogens is 558 g/mol. The van der Waals surface area contributed by atoms with Crippen molar-refractivity contribution in [2.75, 3.05) is 31.3 Å². The molecule has 0 fully saturated rings. The van der Waals surface area contributed by atoms with E-state index in [1.807, 2.05) is 54.6 Å². The first kappa shape index (κ1) is 28.2. The van der Waals surface area contributed by atoms with E-state index in [0.29, 0.717) is 5.75 Å². The summed E-state index contributed by atoms with van der Waals surface area (Å²) in [5, 5.41) is 2.66. The molecule has 0 saturated carbocycles. The van der Waals surface area contributed by atoms with Crippen LogP contribution in [0.3, 0.4) is 0 Å². The molecule has 0 heterocycles. The van der Waals surface area contributed by atoms with Crippen LogP contribution in [0.15, 0.2) is 83.3 Å². The Kier molecular flexibility index (Phi) is 9.71. The quantitative estimate of drug-likeness (QED) is 0.370. The molecule has 8 nitrogen and oxygen atoms in total. The monoisotopic (exact) mass is 587 g/mol. The fraction of sp³-hybridized carbons (Fsp3) is 0.259. The maximum Gasteiger partial charge on any atom is 0.244 e. The average molecular weight is 589 g/mol. The zero-order valence-electron chi connectivity index (χ0n) is 20.9. The van der Waals surface area contributed by atoms with Crippen LogP contribution in [0.25, 0.3) is 0 Å². The number of amides is 2. The van der Waals surface area contributed by atoms with Crippen molar-refractivity contribution in [1.29, 1.82) is 0 Å². The Morgan fingerprint density at radius 1 is 0.973 bits per heavy atom. The van der Waals surface area contributed by atoms with E-state index in [2.05, 4.69) is 21.2 Å². The first-order valence-corrected chi connectivity index (χ1v) is 14.2. The van der Waals surface area contributed by atoms with Gasteiger partial charge >= 0.3 is 0 Å². The number of hydrogen-bond donors (Lipinski definition) is 1. The highest BCUT2D eigenvalue weighted by molar-refractivity contribution is 9.10. The summed E-state index contributed by atoms with van der Waals surface area (Å²) in [6.07, 6.45) is 1.30. The zero-order chi connectivity index (χ0) is 27.0. The summed E-state index contributed by atoms with van der Waals surface area (Å²) < 4.78 is 32.6. The zero-order valence-corrected chi connectivity index (χ0v) is 23.3. The van der Waals surface area contributed by atoms with E-state index >= 15 is 0 Å². The number of halogens is 1. The number of nitrogens with zero attached hydrogens (tertiary/aromatic N) is 2. The molecule has 2 amide bonds. The minimum absolute atomic E-state index is 0.110. The third-order valence-electron chi connectivity index (χ3n) is 5.78. The predicted octanol–water partition coefficient (Wildman–Crippen LogP) is 3.61. The van der Waals surface area contributed by atoms with E-state index in [1.165, 1.54) is 19.1 Å². The molecule has 10 heteroatoms. The van der Waals surface area contributed by atoms with Crippen LogP contribution in [-0.2, 0) is 32.6 Å². The van der Waals surface area contributed by atoms with Crippen molar-refractivity contribution in [2.24, 2.45) is 0 Å². The molecule has 0 aliphatic rings. The number of ether oxygens (including phenoxy) is 1. The van der Waals surface area contributed by atoms with E-state index in [4.69, 9.17) is 4.74 Å². The second-order valence-electron chi connectivity index (χ2n) is 8.44. The number of sulfonamides is 1. The van der Waals surface area contributed by atoms with Crippen molar-refractivity contribution in [2.45, 2.75) is 19.0 Å². The van der Waals surface area contributed by atoms with E-state index in [-0.39, 0.29) is 24.6 Å². The Bertz CT molecular complexity index is 1330. The molecule has 0 aliphatic heterocycles. The van der Waals surface area contributed by atoms with Crippen LogP contribution in [0, 0.1) is 0 Å². The van der Waals surface area contributed by atoms with Crippen LogP contribution < -0.4 is 14.4 Å². The molecule has 37 heavy (non-hydrogen) atoms. The van der Waals surface area contributed by atoms with Gasteiger partial charge in [-0.2, -0.15) is 0 Å². The van der Waals surface area contributed by atoms with Gasteiger partial charge in [0, 0.05) is 30.6 Å². The van der Waals surface area contributed by atoms with Gasteiger partial charge in [-0.1, -0.05) is 64.5 Å². The number of carbonyl (C=O) groups is 2. The lowest BCUT2D eigenvalue weighted by Crippen LogP contribution is -2.52.